The molecular weight excluding hydrogens is 336 g/mol. The van der Waals surface area contributed by atoms with Crippen molar-refractivity contribution in [1.29, 1.82) is 0 Å². The fourth-order valence-electron chi connectivity index (χ4n) is 3.68. The van der Waals surface area contributed by atoms with Crippen molar-refractivity contribution in [1.82, 2.24) is 9.88 Å². The third-order valence-corrected chi connectivity index (χ3v) is 5.44. The van der Waals surface area contributed by atoms with Crippen molar-refractivity contribution in [3.63, 3.8) is 0 Å². The summed E-state index contributed by atoms with van der Waals surface area (Å²) in [6, 6.07) is 1.37. The Bertz CT molecular complexity index is 540. The van der Waals surface area contributed by atoms with Gasteiger partial charge in [-0.15, -0.1) is 0 Å². The summed E-state index contributed by atoms with van der Waals surface area (Å²) in [7, 11) is 2.22. The van der Waals surface area contributed by atoms with Crippen LogP contribution in [-0.2, 0) is 0 Å². The first-order valence-electron chi connectivity index (χ1n) is 7.30. The number of nitrogens with one attached hydrogen (secondary N) is 1. The van der Waals surface area contributed by atoms with Gasteiger partial charge in [0.05, 0.1) is 9.40 Å². The predicted molar refractivity (Wildman–Crippen MR) is 84.4 cm³/mol. The summed E-state index contributed by atoms with van der Waals surface area (Å²) in [5.41, 5.74) is 0.571. The largest absolute Gasteiger partial charge is 0.378 e. The minimum absolute atomic E-state index is 0.0280. The molecule has 1 aromatic rings. The Labute approximate surface area is 132 Å². The van der Waals surface area contributed by atoms with Crippen molar-refractivity contribution in [3.05, 3.63) is 27.0 Å². The van der Waals surface area contributed by atoms with E-state index in [2.05, 4.69) is 38.2 Å². The van der Waals surface area contributed by atoms with Crippen LogP contribution in [0.2, 0.25) is 0 Å². The van der Waals surface area contributed by atoms with Gasteiger partial charge in [0.15, 0.2) is 0 Å². The van der Waals surface area contributed by atoms with Gasteiger partial charge in [0.2, 0.25) is 0 Å². The van der Waals surface area contributed by atoms with Crippen LogP contribution in [0.1, 0.15) is 25.7 Å². The molecule has 2 fully saturated rings. The number of fused-ring (bicyclic) bond motifs is 2. The lowest BCUT2D eigenvalue weighted by molar-refractivity contribution is -0.384. The minimum atomic E-state index is -0.390. The van der Waals surface area contributed by atoms with Crippen molar-refractivity contribution >= 4 is 27.3 Å². The normalized spacial score (nSPS) is 28.6. The quantitative estimate of drug-likeness (QED) is 0.664. The highest BCUT2D eigenvalue weighted by Gasteiger charge is 2.38. The van der Waals surface area contributed by atoms with E-state index < -0.39 is 4.92 Å². The highest BCUT2D eigenvalue weighted by molar-refractivity contribution is 9.10. The topological polar surface area (TPSA) is 71.3 Å². The van der Waals surface area contributed by atoms with Crippen LogP contribution in [0, 0.1) is 16.0 Å². The molecule has 3 heterocycles. The lowest BCUT2D eigenvalue weighted by atomic mass is 9.91. The fourth-order valence-corrected chi connectivity index (χ4v) is 4.14. The molecule has 6 nitrogen and oxygen atoms in total. The fraction of sp³-hybridized carbons (Fsp3) is 0.643. The van der Waals surface area contributed by atoms with Crippen LogP contribution in [0.3, 0.4) is 0 Å². The molecule has 0 aromatic carbocycles. The van der Waals surface area contributed by atoms with Gasteiger partial charge in [-0.1, -0.05) is 0 Å². The monoisotopic (exact) mass is 354 g/mol. The summed E-state index contributed by atoms with van der Waals surface area (Å²) in [6.07, 6.45) is 7.82. The first-order valence-corrected chi connectivity index (χ1v) is 8.09. The molecule has 2 aliphatic rings. The van der Waals surface area contributed by atoms with E-state index in [4.69, 9.17) is 0 Å². The van der Waals surface area contributed by atoms with Gasteiger partial charge in [-0.05, 0) is 54.6 Å². The Hall–Kier alpha value is -1.21. The van der Waals surface area contributed by atoms with E-state index in [-0.39, 0.29) is 5.69 Å². The van der Waals surface area contributed by atoms with Crippen molar-refractivity contribution in [2.24, 2.45) is 5.92 Å². The van der Waals surface area contributed by atoms with Gasteiger partial charge in [-0.25, -0.2) is 0 Å². The molecule has 1 N–H and O–H groups in total. The molecule has 0 amide bonds. The van der Waals surface area contributed by atoms with Crippen molar-refractivity contribution < 1.29 is 4.92 Å². The van der Waals surface area contributed by atoms with Gasteiger partial charge < -0.3 is 10.2 Å². The van der Waals surface area contributed by atoms with Crippen molar-refractivity contribution in [2.45, 2.75) is 37.8 Å². The van der Waals surface area contributed by atoms with Gasteiger partial charge in [0.25, 0.3) is 0 Å². The summed E-state index contributed by atoms with van der Waals surface area (Å²) in [4.78, 5) is 17.1. The number of hydrogen-bond acceptors (Lipinski definition) is 5. The lowest BCUT2D eigenvalue weighted by Gasteiger charge is -2.36. The number of anilines is 1. The summed E-state index contributed by atoms with van der Waals surface area (Å²) in [5.74, 6) is 0.582. The van der Waals surface area contributed by atoms with E-state index in [9.17, 15) is 10.1 Å². The number of nitrogens with zero attached hydrogens (tertiary/aromatic N) is 3. The highest BCUT2D eigenvalue weighted by Crippen LogP contribution is 2.38. The molecule has 2 aliphatic heterocycles. The van der Waals surface area contributed by atoms with Crippen LogP contribution in [0.25, 0.3) is 0 Å². The SMILES string of the molecule is CN1C2CCC1CC(CNc1c(Br)cncc1[N+](=O)[O-])C2. The zero-order valence-corrected chi connectivity index (χ0v) is 13.5. The Morgan fingerprint density at radius 1 is 1.43 bits per heavy atom. The molecule has 2 unspecified atom stereocenters. The van der Waals surface area contributed by atoms with Crippen molar-refractivity contribution in [3.8, 4) is 0 Å². The van der Waals surface area contributed by atoms with E-state index in [1.807, 2.05) is 0 Å². The maximum atomic E-state index is 11.1. The van der Waals surface area contributed by atoms with Gasteiger partial charge in [0.1, 0.15) is 11.9 Å². The first kappa shape index (κ1) is 14.7. The van der Waals surface area contributed by atoms with Gasteiger partial charge in [0, 0.05) is 24.8 Å². The number of aromatic nitrogens is 1. The molecule has 0 spiro atoms. The summed E-state index contributed by atoms with van der Waals surface area (Å²) >= 11 is 3.35. The van der Waals surface area contributed by atoms with E-state index in [0.717, 1.165) is 6.54 Å². The zero-order chi connectivity index (χ0) is 15.0. The second-order valence-electron chi connectivity index (χ2n) is 6.04. The molecule has 21 heavy (non-hydrogen) atoms. The van der Waals surface area contributed by atoms with Crippen LogP contribution in [0.4, 0.5) is 11.4 Å². The molecule has 0 radical (unpaired) electrons. The Morgan fingerprint density at radius 3 is 2.71 bits per heavy atom. The molecule has 114 valence electrons. The second-order valence-corrected chi connectivity index (χ2v) is 6.90. The predicted octanol–water partition coefficient (Wildman–Crippen LogP) is 3.04. The van der Waals surface area contributed by atoms with Crippen molar-refractivity contribution in [2.75, 3.05) is 18.9 Å². The molecular formula is C14H19BrN4O2. The second kappa shape index (κ2) is 5.88. The number of hydrogen-bond donors (Lipinski definition) is 1. The number of nitro groups is 1. The Kier molecular flexibility index (Phi) is 4.12. The first-order chi connectivity index (χ1) is 10.1. The van der Waals surface area contributed by atoms with Crippen LogP contribution in [-0.4, -0.2) is 40.5 Å². The van der Waals surface area contributed by atoms with E-state index in [1.165, 1.54) is 31.9 Å². The third kappa shape index (κ3) is 2.89. The number of halogens is 1. The Balaban J connectivity index is 1.67. The molecule has 3 rings (SSSR count). The summed E-state index contributed by atoms with van der Waals surface area (Å²) in [6.45, 7) is 0.782. The van der Waals surface area contributed by atoms with E-state index in [0.29, 0.717) is 28.2 Å². The van der Waals surface area contributed by atoms with Crippen LogP contribution < -0.4 is 5.32 Å². The Morgan fingerprint density at radius 2 is 2.10 bits per heavy atom. The zero-order valence-electron chi connectivity index (χ0n) is 12.0. The number of piperidine rings is 1. The molecule has 0 saturated carbocycles. The van der Waals surface area contributed by atoms with Crippen LogP contribution >= 0.6 is 15.9 Å². The number of pyridine rings is 1. The molecule has 2 saturated heterocycles. The smallest absolute Gasteiger partial charge is 0.311 e. The molecule has 7 heteroatoms. The van der Waals surface area contributed by atoms with Gasteiger partial charge in [-0.3, -0.25) is 15.1 Å². The molecule has 2 atom stereocenters. The maximum absolute atomic E-state index is 11.1. The molecule has 2 bridgehead atoms. The highest BCUT2D eigenvalue weighted by atomic mass is 79.9. The summed E-state index contributed by atoms with van der Waals surface area (Å²) < 4.78 is 0.646. The van der Waals surface area contributed by atoms with Gasteiger partial charge >= 0.3 is 5.69 Å². The van der Waals surface area contributed by atoms with Crippen LogP contribution in [0.15, 0.2) is 16.9 Å². The summed E-state index contributed by atoms with van der Waals surface area (Å²) in [5, 5.41) is 14.3. The van der Waals surface area contributed by atoms with E-state index in [1.54, 1.807) is 6.20 Å². The molecule has 0 aliphatic carbocycles. The van der Waals surface area contributed by atoms with Crippen LogP contribution in [0.5, 0.6) is 0 Å². The average Bonchev–Trinajstić information content (AvgIpc) is 2.68. The molecule has 1 aromatic heterocycles. The minimum Gasteiger partial charge on any atom is -0.378 e. The number of rotatable bonds is 4. The van der Waals surface area contributed by atoms with E-state index >= 15 is 0 Å². The standard InChI is InChI=1S/C14H19BrN4O2/c1-18-10-2-3-11(18)5-9(4-10)6-17-14-12(15)7-16-8-13(14)19(20)21/h7-11H,2-6H2,1H3,(H,16,17). The average molecular weight is 355 g/mol. The lowest BCUT2D eigenvalue weighted by Crippen LogP contribution is -2.41. The third-order valence-electron chi connectivity index (χ3n) is 4.84. The van der Waals surface area contributed by atoms with Gasteiger partial charge in [-0.2, -0.15) is 0 Å². The maximum Gasteiger partial charge on any atom is 0.311 e.